The normalized spacial score (nSPS) is 13.8. The molecular formula is C17H21NO. The van der Waals surface area contributed by atoms with Gasteiger partial charge in [0.25, 0.3) is 0 Å². The molecule has 0 bridgehead atoms. The molecule has 2 unspecified atom stereocenters. The van der Waals surface area contributed by atoms with E-state index in [-0.39, 0.29) is 12.1 Å². The van der Waals surface area contributed by atoms with Crippen LogP contribution in [0.25, 0.3) is 0 Å². The van der Waals surface area contributed by atoms with Crippen LogP contribution in [0.15, 0.2) is 54.6 Å². The molecule has 0 fully saturated rings. The van der Waals surface area contributed by atoms with E-state index in [1.807, 2.05) is 43.3 Å². The third-order valence-corrected chi connectivity index (χ3v) is 3.09. The lowest BCUT2D eigenvalue weighted by atomic mass is 10.1. The minimum Gasteiger partial charge on any atom is -0.486 e. The summed E-state index contributed by atoms with van der Waals surface area (Å²) in [5, 5.41) is 0. The number of hydrogen-bond donors (Lipinski definition) is 1. The predicted molar refractivity (Wildman–Crippen MR) is 79.3 cm³/mol. The summed E-state index contributed by atoms with van der Waals surface area (Å²) in [5.74, 6) is 0.927. The van der Waals surface area contributed by atoms with E-state index in [0.29, 0.717) is 0 Å². The van der Waals surface area contributed by atoms with Gasteiger partial charge in [-0.3, -0.25) is 0 Å². The molecule has 0 saturated carbocycles. The zero-order chi connectivity index (χ0) is 13.7. The fraction of sp³-hybridized carbons (Fsp3) is 0.294. The third kappa shape index (κ3) is 3.83. The van der Waals surface area contributed by atoms with Crippen molar-refractivity contribution in [2.45, 2.75) is 32.4 Å². The summed E-state index contributed by atoms with van der Waals surface area (Å²) in [5.41, 5.74) is 8.23. The van der Waals surface area contributed by atoms with Crippen molar-refractivity contribution in [2.75, 3.05) is 0 Å². The summed E-state index contributed by atoms with van der Waals surface area (Å²) >= 11 is 0. The van der Waals surface area contributed by atoms with Gasteiger partial charge in [0.15, 0.2) is 0 Å². The topological polar surface area (TPSA) is 35.2 Å². The Hall–Kier alpha value is -1.80. The van der Waals surface area contributed by atoms with Crippen molar-refractivity contribution >= 4 is 0 Å². The fourth-order valence-electron chi connectivity index (χ4n) is 2.12. The van der Waals surface area contributed by atoms with Crippen LogP contribution >= 0.6 is 0 Å². The van der Waals surface area contributed by atoms with E-state index in [1.165, 1.54) is 11.1 Å². The van der Waals surface area contributed by atoms with Crippen LogP contribution in [0.4, 0.5) is 0 Å². The molecule has 0 saturated heterocycles. The average Bonchev–Trinajstić information content (AvgIpc) is 2.41. The van der Waals surface area contributed by atoms with Crippen LogP contribution in [0.1, 0.15) is 31.1 Å². The second-order valence-electron chi connectivity index (χ2n) is 4.96. The molecule has 0 radical (unpaired) electrons. The first-order valence-electron chi connectivity index (χ1n) is 6.72. The minimum atomic E-state index is 0.0374. The second kappa shape index (κ2) is 6.39. The Morgan fingerprint density at radius 1 is 0.947 bits per heavy atom. The first-order chi connectivity index (χ1) is 9.16. The number of hydrogen-bond acceptors (Lipinski definition) is 2. The first-order valence-corrected chi connectivity index (χ1v) is 6.72. The molecule has 2 rings (SSSR count). The van der Waals surface area contributed by atoms with Gasteiger partial charge >= 0.3 is 0 Å². The first kappa shape index (κ1) is 13.6. The standard InChI is InChI=1S/C17H21NO/c1-13(18)12-16-10-6-7-11-17(16)19-14(2)15-8-4-3-5-9-15/h3-11,13-14H,12,18H2,1-2H3. The molecule has 2 N–H and O–H groups in total. The monoisotopic (exact) mass is 255 g/mol. The Morgan fingerprint density at radius 2 is 1.58 bits per heavy atom. The van der Waals surface area contributed by atoms with Gasteiger partial charge in [0, 0.05) is 6.04 Å². The number of rotatable bonds is 5. The Balaban J connectivity index is 2.15. The molecule has 2 aromatic carbocycles. The van der Waals surface area contributed by atoms with E-state index >= 15 is 0 Å². The highest BCUT2D eigenvalue weighted by Gasteiger charge is 2.10. The summed E-state index contributed by atoms with van der Waals surface area (Å²) in [6, 6.07) is 18.5. The fourth-order valence-corrected chi connectivity index (χ4v) is 2.12. The van der Waals surface area contributed by atoms with E-state index in [4.69, 9.17) is 10.5 Å². The van der Waals surface area contributed by atoms with Gasteiger partial charge in [-0.05, 0) is 37.5 Å². The van der Waals surface area contributed by atoms with E-state index in [9.17, 15) is 0 Å². The van der Waals surface area contributed by atoms with Crippen molar-refractivity contribution < 1.29 is 4.74 Å². The number of benzene rings is 2. The van der Waals surface area contributed by atoms with E-state index in [2.05, 4.69) is 25.1 Å². The van der Waals surface area contributed by atoms with Crippen LogP contribution in [0.5, 0.6) is 5.75 Å². The van der Waals surface area contributed by atoms with Crippen molar-refractivity contribution in [1.29, 1.82) is 0 Å². The van der Waals surface area contributed by atoms with Gasteiger partial charge in [-0.25, -0.2) is 0 Å². The molecule has 0 aliphatic rings. The highest BCUT2D eigenvalue weighted by Crippen LogP contribution is 2.25. The minimum absolute atomic E-state index is 0.0374. The smallest absolute Gasteiger partial charge is 0.123 e. The number of ether oxygens (including phenoxy) is 1. The van der Waals surface area contributed by atoms with Crippen molar-refractivity contribution in [1.82, 2.24) is 0 Å². The summed E-state index contributed by atoms with van der Waals surface area (Å²) in [6.07, 6.45) is 0.868. The van der Waals surface area contributed by atoms with Gasteiger partial charge in [0.05, 0.1) is 0 Å². The zero-order valence-electron chi connectivity index (χ0n) is 11.5. The van der Waals surface area contributed by atoms with Crippen LogP contribution in [0.3, 0.4) is 0 Å². The summed E-state index contributed by atoms with van der Waals surface area (Å²) in [4.78, 5) is 0. The zero-order valence-corrected chi connectivity index (χ0v) is 11.5. The third-order valence-electron chi connectivity index (χ3n) is 3.09. The molecule has 100 valence electrons. The molecule has 0 aromatic heterocycles. The molecule has 0 amide bonds. The largest absolute Gasteiger partial charge is 0.486 e. The lowest BCUT2D eigenvalue weighted by molar-refractivity contribution is 0.224. The number of para-hydroxylation sites is 1. The van der Waals surface area contributed by atoms with E-state index in [1.54, 1.807) is 0 Å². The predicted octanol–water partition coefficient (Wildman–Crippen LogP) is 3.72. The van der Waals surface area contributed by atoms with Crippen molar-refractivity contribution in [3.8, 4) is 5.75 Å². The quantitative estimate of drug-likeness (QED) is 0.883. The van der Waals surface area contributed by atoms with Crippen LogP contribution in [-0.4, -0.2) is 6.04 Å². The van der Waals surface area contributed by atoms with Crippen molar-refractivity contribution in [3.63, 3.8) is 0 Å². The van der Waals surface area contributed by atoms with Gasteiger partial charge in [-0.1, -0.05) is 48.5 Å². The van der Waals surface area contributed by atoms with Gasteiger partial charge in [0.2, 0.25) is 0 Å². The SMILES string of the molecule is CC(N)Cc1ccccc1OC(C)c1ccccc1. The molecular weight excluding hydrogens is 234 g/mol. The van der Waals surface area contributed by atoms with Crippen LogP contribution in [0, 0.1) is 0 Å². The highest BCUT2D eigenvalue weighted by molar-refractivity contribution is 5.34. The van der Waals surface area contributed by atoms with Crippen LogP contribution in [0.2, 0.25) is 0 Å². The Morgan fingerprint density at radius 3 is 2.26 bits per heavy atom. The van der Waals surface area contributed by atoms with E-state index in [0.717, 1.165) is 12.2 Å². The Labute approximate surface area is 115 Å². The molecule has 19 heavy (non-hydrogen) atoms. The molecule has 0 aliphatic heterocycles. The maximum atomic E-state index is 6.08. The van der Waals surface area contributed by atoms with Gasteiger partial charge in [-0.2, -0.15) is 0 Å². The van der Waals surface area contributed by atoms with Crippen LogP contribution < -0.4 is 10.5 Å². The molecule has 0 spiro atoms. The molecule has 2 nitrogen and oxygen atoms in total. The van der Waals surface area contributed by atoms with Gasteiger partial charge < -0.3 is 10.5 Å². The van der Waals surface area contributed by atoms with Crippen molar-refractivity contribution in [2.24, 2.45) is 5.73 Å². The molecule has 0 heterocycles. The van der Waals surface area contributed by atoms with E-state index < -0.39 is 0 Å². The maximum absolute atomic E-state index is 6.08. The Kier molecular flexibility index (Phi) is 4.58. The molecule has 0 aliphatic carbocycles. The molecule has 2 aromatic rings. The summed E-state index contributed by atoms with van der Waals surface area (Å²) in [6.45, 7) is 4.08. The Bertz CT molecular complexity index is 508. The summed E-state index contributed by atoms with van der Waals surface area (Å²) < 4.78 is 6.08. The average molecular weight is 255 g/mol. The van der Waals surface area contributed by atoms with Crippen LogP contribution in [-0.2, 0) is 6.42 Å². The summed E-state index contributed by atoms with van der Waals surface area (Å²) in [7, 11) is 0. The lowest BCUT2D eigenvalue weighted by Crippen LogP contribution is -2.18. The van der Waals surface area contributed by atoms with Gasteiger partial charge in [-0.15, -0.1) is 0 Å². The molecule has 2 heteroatoms. The molecule has 2 atom stereocenters. The van der Waals surface area contributed by atoms with Gasteiger partial charge in [0.1, 0.15) is 11.9 Å². The highest BCUT2D eigenvalue weighted by atomic mass is 16.5. The number of nitrogens with two attached hydrogens (primary N) is 1. The second-order valence-corrected chi connectivity index (χ2v) is 4.96. The maximum Gasteiger partial charge on any atom is 0.123 e. The van der Waals surface area contributed by atoms with Crippen molar-refractivity contribution in [3.05, 3.63) is 65.7 Å². The lowest BCUT2D eigenvalue weighted by Gasteiger charge is -2.18.